The van der Waals surface area contributed by atoms with Gasteiger partial charge in [-0.25, -0.2) is 8.42 Å². The van der Waals surface area contributed by atoms with Crippen molar-refractivity contribution in [2.75, 3.05) is 7.05 Å². The molecule has 2 aliphatic carbocycles. The highest BCUT2D eigenvalue weighted by Crippen LogP contribution is 2.50. The summed E-state index contributed by atoms with van der Waals surface area (Å²) in [5.41, 5.74) is -0.718. The summed E-state index contributed by atoms with van der Waals surface area (Å²) in [4.78, 5) is 0. The molecule has 0 unspecified atom stereocenters. The number of rotatable bonds is 3. The Bertz CT molecular complexity index is 399. The van der Waals surface area contributed by atoms with Gasteiger partial charge in [-0.15, -0.1) is 0 Å². The lowest BCUT2D eigenvalue weighted by molar-refractivity contribution is 0.402. The average Bonchev–Trinajstić information content (AvgIpc) is 2.99. The van der Waals surface area contributed by atoms with Gasteiger partial charge in [0.15, 0.2) is 0 Å². The van der Waals surface area contributed by atoms with Gasteiger partial charge in [-0.1, -0.05) is 0 Å². The lowest BCUT2D eigenvalue weighted by Crippen LogP contribution is -2.43. The molecule has 0 aromatic heterocycles. The van der Waals surface area contributed by atoms with Gasteiger partial charge in [0.1, 0.15) is 5.54 Å². The molecular weight excluding hydrogens is 200 g/mol. The average molecular weight is 214 g/mol. The molecule has 0 atom stereocenters. The van der Waals surface area contributed by atoms with E-state index in [1.54, 1.807) is 6.92 Å². The first-order valence-corrected chi connectivity index (χ1v) is 6.22. The van der Waals surface area contributed by atoms with Gasteiger partial charge in [-0.2, -0.15) is 9.57 Å². The highest BCUT2D eigenvalue weighted by Gasteiger charge is 2.59. The molecule has 0 N–H and O–H groups in total. The van der Waals surface area contributed by atoms with Crippen molar-refractivity contribution in [3.8, 4) is 6.07 Å². The maximum atomic E-state index is 12.0. The molecule has 0 amide bonds. The molecule has 0 saturated heterocycles. The Morgan fingerprint density at radius 1 is 1.29 bits per heavy atom. The summed E-state index contributed by atoms with van der Waals surface area (Å²) in [6.07, 6.45) is 2.80. The van der Waals surface area contributed by atoms with Crippen molar-refractivity contribution in [2.24, 2.45) is 0 Å². The lowest BCUT2D eigenvalue weighted by Gasteiger charge is -2.25. The maximum absolute atomic E-state index is 12.0. The number of sulfonamides is 1. The van der Waals surface area contributed by atoms with Gasteiger partial charge < -0.3 is 0 Å². The van der Waals surface area contributed by atoms with Gasteiger partial charge >= 0.3 is 0 Å². The van der Waals surface area contributed by atoms with Crippen LogP contribution in [0.1, 0.15) is 32.6 Å². The summed E-state index contributed by atoms with van der Waals surface area (Å²) < 4.78 is 24.8. The fourth-order valence-electron chi connectivity index (χ4n) is 1.61. The highest BCUT2D eigenvalue weighted by atomic mass is 32.2. The van der Waals surface area contributed by atoms with E-state index in [1.165, 1.54) is 11.4 Å². The Morgan fingerprint density at radius 2 is 1.79 bits per heavy atom. The van der Waals surface area contributed by atoms with Crippen molar-refractivity contribution in [3.05, 3.63) is 0 Å². The number of hydrogen-bond donors (Lipinski definition) is 0. The molecule has 5 heteroatoms. The van der Waals surface area contributed by atoms with Gasteiger partial charge in [-0.05, 0) is 32.6 Å². The van der Waals surface area contributed by atoms with Crippen LogP contribution < -0.4 is 0 Å². The molecule has 0 spiro atoms. The number of hydrogen-bond acceptors (Lipinski definition) is 3. The van der Waals surface area contributed by atoms with E-state index >= 15 is 0 Å². The standard InChI is InChI=1S/C9H14N2O2S/c1-8(3-4-8)14(12,13)11(2)9(7-10)5-6-9/h3-6H2,1-2H3. The Labute approximate surface area is 84.6 Å². The van der Waals surface area contributed by atoms with Crippen LogP contribution in [0.25, 0.3) is 0 Å². The van der Waals surface area contributed by atoms with Crippen LogP contribution in [0.3, 0.4) is 0 Å². The van der Waals surface area contributed by atoms with E-state index in [0.717, 1.165) is 12.8 Å². The maximum Gasteiger partial charge on any atom is 0.220 e. The molecule has 2 rings (SSSR count). The molecule has 4 nitrogen and oxygen atoms in total. The minimum Gasteiger partial charge on any atom is -0.212 e. The van der Waals surface area contributed by atoms with Gasteiger partial charge in [0.05, 0.1) is 10.8 Å². The van der Waals surface area contributed by atoms with Crippen LogP contribution in [-0.2, 0) is 10.0 Å². The molecule has 0 aliphatic heterocycles. The van der Waals surface area contributed by atoms with E-state index in [-0.39, 0.29) is 0 Å². The smallest absolute Gasteiger partial charge is 0.212 e. The van der Waals surface area contributed by atoms with Crippen LogP contribution in [0.2, 0.25) is 0 Å². The largest absolute Gasteiger partial charge is 0.220 e. The van der Waals surface area contributed by atoms with Gasteiger partial charge in [0.2, 0.25) is 10.0 Å². The molecule has 14 heavy (non-hydrogen) atoms. The van der Waals surface area contributed by atoms with Crippen LogP contribution in [-0.4, -0.2) is 30.1 Å². The first-order chi connectivity index (χ1) is 6.38. The normalized spacial score (nSPS) is 27.0. The van der Waals surface area contributed by atoms with Crippen LogP contribution in [0.4, 0.5) is 0 Å². The molecule has 0 radical (unpaired) electrons. The summed E-state index contributed by atoms with van der Waals surface area (Å²) in [6.45, 7) is 1.76. The minimum atomic E-state index is -3.26. The Balaban J connectivity index is 2.29. The highest BCUT2D eigenvalue weighted by molar-refractivity contribution is 7.90. The van der Waals surface area contributed by atoms with Crippen molar-refractivity contribution in [2.45, 2.75) is 42.9 Å². The lowest BCUT2D eigenvalue weighted by atomic mass is 10.3. The zero-order valence-electron chi connectivity index (χ0n) is 8.45. The fourth-order valence-corrected chi connectivity index (χ4v) is 3.57. The molecule has 0 heterocycles. The number of nitrogens with zero attached hydrogens (tertiary/aromatic N) is 2. The van der Waals surface area contributed by atoms with Crippen molar-refractivity contribution < 1.29 is 8.42 Å². The van der Waals surface area contributed by atoms with Crippen molar-refractivity contribution in [1.82, 2.24) is 4.31 Å². The predicted molar refractivity (Wildman–Crippen MR) is 51.9 cm³/mol. The summed E-state index contributed by atoms with van der Waals surface area (Å²) in [7, 11) is -1.72. The van der Waals surface area contributed by atoms with Crippen LogP contribution in [0.15, 0.2) is 0 Å². The van der Waals surface area contributed by atoms with E-state index in [9.17, 15) is 8.42 Å². The molecule has 0 bridgehead atoms. The van der Waals surface area contributed by atoms with Gasteiger partial charge in [0, 0.05) is 7.05 Å². The van der Waals surface area contributed by atoms with Crippen LogP contribution in [0.5, 0.6) is 0 Å². The molecule has 2 aliphatic rings. The summed E-state index contributed by atoms with van der Waals surface area (Å²) in [5, 5.41) is 8.92. The molecule has 78 valence electrons. The quantitative estimate of drug-likeness (QED) is 0.700. The van der Waals surface area contributed by atoms with Crippen molar-refractivity contribution in [1.29, 1.82) is 5.26 Å². The molecular formula is C9H14N2O2S. The van der Waals surface area contributed by atoms with Crippen LogP contribution >= 0.6 is 0 Å². The molecule has 0 aromatic carbocycles. The Morgan fingerprint density at radius 3 is 2.07 bits per heavy atom. The predicted octanol–water partition coefficient (Wildman–Crippen LogP) is 0.857. The Kier molecular flexibility index (Phi) is 1.77. The topological polar surface area (TPSA) is 61.2 Å². The third-order valence-electron chi connectivity index (χ3n) is 3.47. The third-order valence-corrected chi connectivity index (χ3v) is 6.20. The fraction of sp³-hybridized carbons (Fsp3) is 0.889. The van der Waals surface area contributed by atoms with E-state index in [4.69, 9.17) is 5.26 Å². The SMILES string of the molecule is CN(C1(C#N)CC1)S(=O)(=O)C1(C)CC1. The second-order valence-electron chi connectivity index (χ2n) is 4.57. The van der Waals surface area contributed by atoms with Crippen molar-refractivity contribution >= 4 is 10.0 Å². The summed E-state index contributed by atoms with van der Waals surface area (Å²) >= 11 is 0. The van der Waals surface area contributed by atoms with E-state index in [2.05, 4.69) is 6.07 Å². The molecule has 0 aromatic rings. The van der Waals surface area contributed by atoms with E-state index in [1.807, 2.05) is 0 Å². The second kappa shape index (κ2) is 2.50. The van der Waals surface area contributed by atoms with E-state index < -0.39 is 20.3 Å². The Hall–Kier alpha value is -0.600. The monoisotopic (exact) mass is 214 g/mol. The zero-order valence-corrected chi connectivity index (χ0v) is 9.26. The van der Waals surface area contributed by atoms with Gasteiger partial charge in [-0.3, -0.25) is 0 Å². The zero-order chi connectivity index (χ0) is 10.6. The third kappa shape index (κ3) is 1.11. The summed E-state index contributed by atoms with van der Waals surface area (Å²) in [6, 6.07) is 2.10. The van der Waals surface area contributed by atoms with Crippen molar-refractivity contribution in [3.63, 3.8) is 0 Å². The molecule has 2 fully saturated rings. The first-order valence-electron chi connectivity index (χ1n) is 4.78. The summed E-state index contributed by atoms with van der Waals surface area (Å²) in [5.74, 6) is 0. The van der Waals surface area contributed by atoms with Crippen LogP contribution in [0, 0.1) is 11.3 Å². The first kappa shape index (κ1) is 9.94. The van der Waals surface area contributed by atoms with Gasteiger partial charge in [0.25, 0.3) is 0 Å². The number of nitriles is 1. The second-order valence-corrected chi connectivity index (χ2v) is 7.05. The molecule has 2 saturated carbocycles. The minimum absolute atomic E-state index is 0.589. The van der Waals surface area contributed by atoms with E-state index in [0.29, 0.717) is 12.8 Å².